The van der Waals surface area contributed by atoms with Crippen molar-refractivity contribution in [3.8, 4) is 0 Å². The van der Waals surface area contributed by atoms with Crippen LogP contribution in [0, 0.1) is 0 Å². The van der Waals surface area contributed by atoms with E-state index >= 15 is 0 Å². The minimum absolute atomic E-state index is 0.357. The topological polar surface area (TPSA) is 41.6 Å². The van der Waals surface area contributed by atoms with Gasteiger partial charge in [-0.25, -0.2) is 0 Å². The van der Waals surface area contributed by atoms with E-state index in [1.807, 2.05) is 59.5 Å². The number of hydrogen-bond acceptors (Lipinski definition) is 3. The molecule has 0 bridgehead atoms. The van der Waals surface area contributed by atoms with E-state index in [1.54, 1.807) is 0 Å². The van der Waals surface area contributed by atoms with E-state index in [0.717, 1.165) is 16.3 Å². The minimum atomic E-state index is -0.357. The molecule has 1 heterocycles. The maximum Gasteiger partial charge on any atom is 0.196 e. The minimum Gasteiger partial charge on any atom is -0.369 e. The first-order chi connectivity index (χ1) is 9.63. The molecule has 1 aliphatic rings. The monoisotopic (exact) mass is 285 g/mol. The van der Waals surface area contributed by atoms with Crippen molar-refractivity contribution >= 4 is 23.2 Å². The van der Waals surface area contributed by atoms with Crippen LogP contribution in [-0.2, 0) is 5.54 Å². The van der Waals surface area contributed by atoms with Crippen LogP contribution < -0.4 is 10.6 Å². The Balaban J connectivity index is 2.12. The van der Waals surface area contributed by atoms with E-state index in [4.69, 9.17) is 17.3 Å². The van der Waals surface area contributed by atoms with Crippen LogP contribution in [0.3, 0.4) is 0 Å². The number of aliphatic imine (C=N–C) groups is 1. The molecule has 0 fully saturated rings. The van der Waals surface area contributed by atoms with Crippen molar-refractivity contribution in [2.24, 2.45) is 10.7 Å². The van der Waals surface area contributed by atoms with Gasteiger partial charge in [-0.05, 0) is 30.7 Å². The Kier molecular flexibility index (Phi) is 3.14. The van der Waals surface area contributed by atoms with Gasteiger partial charge in [-0.3, -0.25) is 4.99 Å². The molecule has 0 saturated carbocycles. The Hall–Kier alpha value is -2.00. The standard InChI is InChI=1S/C16H16ClN3/c1-16(13-9-5-6-10-14(13)17)11-19-15(18)20(16)12-7-3-2-4-8-12/h2-10H,11H2,1H3,(H2,18,19). The van der Waals surface area contributed by atoms with Gasteiger partial charge in [-0.2, -0.15) is 0 Å². The van der Waals surface area contributed by atoms with Crippen LogP contribution in [0.1, 0.15) is 12.5 Å². The first-order valence-electron chi connectivity index (χ1n) is 6.53. The highest BCUT2D eigenvalue weighted by Crippen LogP contribution is 2.39. The number of benzene rings is 2. The number of guanidine groups is 1. The number of nitrogens with zero attached hydrogens (tertiary/aromatic N) is 2. The van der Waals surface area contributed by atoms with Crippen molar-refractivity contribution in [3.63, 3.8) is 0 Å². The van der Waals surface area contributed by atoms with E-state index < -0.39 is 0 Å². The van der Waals surface area contributed by atoms with Gasteiger partial charge in [0.1, 0.15) is 0 Å². The molecule has 0 spiro atoms. The second kappa shape index (κ2) is 4.84. The summed E-state index contributed by atoms with van der Waals surface area (Å²) in [5.74, 6) is 0.526. The maximum atomic E-state index is 6.38. The predicted octanol–water partition coefficient (Wildman–Crippen LogP) is 3.39. The SMILES string of the molecule is CC1(c2ccccc2Cl)CN=C(N)N1c1ccccc1. The van der Waals surface area contributed by atoms with Crippen LogP contribution in [0.2, 0.25) is 5.02 Å². The lowest BCUT2D eigenvalue weighted by molar-refractivity contribution is 0.533. The first-order valence-corrected chi connectivity index (χ1v) is 6.91. The summed E-state index contributed by atoms with van der Waals surface area (Å²) in [6, 6.07) is 17.9. The molecule has 102 valence electrons. The highest BCUT2D eigenvalue weighted by Gasteiger charge is 2.41. The highest BCUT2D eigenvalue weighted by atomic mass is 35.5. The average molecular weight is 286 g/mol. The number of nitrogens with two attached hydrogens (primary N) is 1. The zero-order chi connectivity index (χ0) is 14.2. The van der Waals surface area contributed by atoms with Crippen molar-refractivity contribution in [1.82, 2.24) is 0 Å². The molecular weight excluding hydrogens is 270 g/mol. The Morgan fingerprint density at radius 2 is 1.75 bits per heavy atom. The molecule has 4 heteroatoms. The lowest BCUT2D eigenvalue weighted by Gasteiger charge is -2.37. The number of rotatable bonds is 2. The second-order valence-corrected chi connectivity index (χ2v) is 5.51. The summed E-state index contributed by atoms with van der Waals surface area (Å²) < 4.78 is 0. The van der Waals surface area contributed by atoms with Crippen LogP contribution in [0.15, 0.2) is 59.6 Å². The van der Waals surface area contributed by atoms with Gasteiger partial charge in [-0.15, -0.1) is 0 Å². The molecule has 1 atom stereocenters. The third-order valence-corrected chi connectivity index (χ3v) is 4.07. The summed E-state index contributed by atoms with van der Waals surface area (Å²) in [6.07, 6.45) is 0. The largest absolute Gasteiger partial charge is 0.369 e. The summed E-state index contributed by atoms with van der Waals surface area (Å²) in [7, 11) is 0. The average Bonchev–Trinajstić information content (AvgIpc) is 2.77. The summed E-state index contributed by atoms with van der Waals surface area (Å²) in [6.45, 7) is 2.71. The quantitative estimate of drug-likeness (QED) is 0.919. The van der Waals surface area contributed by atoms with Crippen molar-refractivity contribution < 1.29 is 0 Å². The molecule has 2 N–H and O–H groups in total. The van der Waals surface area contributed by atoms with Crippen LogP contribution in [0.4, 0.5) is 5.69 Å². The van der Waals surface area contributed by atoms with Crippen molar-refractivity contribution in [2.75, 3.05) is 11.4 Å². The molecule has 2 aromatic rings. The molecule has 0 amide bonds. The molecule has 3 rings (SSSR count). The smallest absolute Gasteiger partial charge is 0.196 e. The van der Waals surface area contributed by atoms with Gasteiger partial charge >= 0.3 is 0 Å². The lowest BCUT2D eigenvalue weighted by atomic mass is 9.90. The van der Waals surface area contributed by atoms with E-state index in [2.05, 4.69) is 11.9 Å². The fraction of sp³-hybridized carbons (Fsp3) is 0.188. The lowest BCUT2D eigenvalue weighted by Crippen LogP contribution is -2.47. The third kappa shape index (κ3) is 1.95. The molecule has 3 nitrogen and oxygen atoms in total. The molecule has 2 aromatic carbocycles. The fourth-order valence-corrected chi connectivity index (χ4v) is 3.07. The maximum absolute atomic E-state index is 6.38. The van der Waals surface area contributed by atoms with E-state index in [9.17, 15) is 0 Å². The van der Waals surface area contributed by atoms with Crippen molar-refractivity contribution in [1.29, 1.82) is 0 Å². The first kappa shape index (κ1) is 13.0. The van der Waals surface area contributed by atoms with Crippen molar-refractivity contribution in [3.05, 3.63) is 65.2 Å². The van der Waals surface area contributed by atoms with E-state index in [0.29, 0.717) is 12.5 Å². The van der Waals surface area contributed by atoms with Gasteiger partial charge in [0.2, 0.25) is 0 Å². The van der Waals surface area contributed by atoms with Gasteiger partial charge in [0.25, 0.3) is 0 Å². The van der Waals surface area contributed by atoms with Crippen LogP contribution >= 0.6 is 11.6 Å². The molecular formula is C16H16ClN3. The molecule has 1 aliphatic heterocycles. The molecule has 20 heavy (non-hydrogen) atoms. The summed E-state index contributed by atoms with van der Waals surface area (Å²) in [5, 5.41) is 0.737. The predicted molar refractivity (Wildman–Crippen MR) is 84.2 cm³/mol. The van der Waals surface area contributed by atoms with Gasteiger partial charge in [0.15, 0.2) is 5.96 Å². The van der Waals surface area contributed by atoms with E-state index in [1.165, 1.54) is 0 Å². The summed E-state index contributed by atoms with van der Waals surface area (Å²) >= 11 is 6.38. The van der Waals surface area contributed by atoms with Gasteiger partial charge in [0.05, 0.1) is 12.1 Å². The normalized spacial score (nSPS) is 21.9. The molecule has 0 radical (unpaired) electrons. The summed E-state index contributed by atoms with van der Waals surface area (Å²) in [5.41, 5.74) is 7.81. The fourth-order valence-electron chi connectivity index (χ4n) is 2.73. The number of anilines is 1. The Bertz CT molecular complexity index is 654. The van der Waals surface area contributed by atoms with Gasteiger partial charge in [0, 0.05) is 10.7 Å². The van der Waals surface area contributed by atoms with Crippen LogP contribution in [0.25, 0.3) is 0 Å². The number of hydrogen-bond donors (Lipinski definition) is 1. The zero-order valence-electron chi connectivity index (χ0n) is 11.3. The molecule has 0 aliphatic carbocycles. The van der Waals surface area contributed by atoms with Crippen LogP contribution in [-0.4, -0.2) is 12.5 Å². The zero-order valence-corrected chi connectivity index (χ0v) is 12.0. The van der Waals surface area contributed by atoms with Gasteiger partial charge in [-0.1, -0.05) is 48.0 Å². The van der Waals surface area contributed by atoms with Gasteiger partial charge < -0.3 is 10.6 Å². The third-order valence-electron chi connectivity index (χ3n) is 3.74. The Morgan fingerprint density at radius 3 is 2.45 bits per heavy atom. The Labute approximate surface area is 123 Å². The molecule has 1 unspecified atom stereocenters. The highest BCUT2D eigenvalue weighted by molar-refractivity contribution is 6.31. The van der Waals surface area contributed by atoms with Crippen LogP contribution in [0.5, 0.6) is 0 Å². The Morgan fingerprint density at radius 1 is 1.10 bits per heavy atom. The summed E-state index contributed by atoms with van der Waals surface area (Å²) in [4.78, 5) is 6.48. The second-order valence-electron chi connectivity index (χ2n) is 5.10. The number of para-hydroxylation sites is 1. The van der Waals surface area contributed by atoms with Crippen molar-refractivity contribution in [2.45, 2.75) is 12.5 Å². The molecule has 0 saturated heterocycles. The number of halogens is 1. The molecule has 0 aromatic heterocycles. The van der Waals surface area contributed by atoms with E-state index in [-0.39, 0.29) is 5.54 Å².